The van der Waals surface area contributed by atoms with Crippen molar-refractivity contribution in [3.8, 4) is 0 Å². The molecule has 0 bridgehead atoms. The van der Waals surface area contributed by atoms with Gasteiger partial charge in [-0.2, -0.15) is 0 Å². The van der Waals surface area contributed by atoms with Crippen LogP contribution in [0.2, 0.25) is 0 Å². The van der Waals surface area contributed by atoms with Crippen molar-refractivity contribution in [2.75, 3.05) is 13.1 Å². The van der Waals surface area contributed by atoms with E-state index in [2.05, 4.69) is 36.6 Å². The van der Waals surface area contributed by atoms with E-state index in [1.54, 1.807) is 11.3 Å². The zero-order valence-electron chi connectivity index (χ0n) is 11.9. The number of rotatable bonds is 5. The van der Waals surface area contributed by atoms with Gasteiger partial charge in [0.2, 0.25) is 5.91 Å². The largest absolute Gasteiger partial charge is 0.351 e. The summed E-state index contributed by atoms with van der Waals surface area (Å²) in [6.45, 7) is 6.87. The molecule has 0 radical (unpaired) electrons. The first-order valence-electron chi connectivity index (χ1n) is 7.21. The molecular formula is C15H24N2OS. The maximum atomic E-state index is 12.6. The summed E-state index contributed by atoms with van der Waals surface area (Å²) in [6.07, 6.45) is 4.02. The van der Waals surface area contributed by atoms with E-state index in [1.165, 1.54) is 9.75 Å². The number of aryl methyl sites for hydroxylation is 1. The fourth-order valence-corrected chi connectivity index (χ4v) is 3.74. The van der Waals surface area contributed by atoms with E-state index >= 15 is 0 Å². The molecule has 1 amide bonds. The molecule has 1 aromatic rings. The van der Waals surface area contributed by atoms with Gasteiger partial charge in [-0.1, -0.05) is 13.3 Å². The van der Waals surface area contributed by atoms with Crippen molar-refractivity contribution in [1.29, 1.82) is 0 Å². The highest BCUT2D eigenvalue weighted by molar-refractivity contribution is 7.11. The summed E-state index contributed by atoms with van der Waals surface area (Å²) in [5.41, 5.74) is -0.133. The van der Waals surface area contributed by atoms with E-state index in [9.17, 15) is 4.79 Å². The minimum Gasteiger partial charge on any atom is -0.351 e. The summed E-state index contributed by atoms with van der Waals surface area (Å²) in [5, 5.41) is 6.50. The van der Waals surface area contributed by atoms with Gasteiger partial charge in [-0.25, -0.2) is 0 Å². The van der Waals surface area contributed by atoms with Gasteiger partial charge in [0.15, 0.2) is 0 Å². The van der Waals surface area contributed by atoms with E-state index < -0.39 is 0 Å². The van der Waals surface area contributed by atoms with Crippen LogP contribution < -0.4 is 10.6 Å². The average Bonchev–Trinajstić information content (AvgIpc) is 2.83. The summed E-state index contributed by atoms with van der Waals surface area (Å²) in [4.78, 5) is 15.1. The fraction of sp³-hybridized carbons (Fsp3) is 0.667. The Balaban J connectivity index is 1.95. The van der Waals surface area contributed by atoms with E-state index in [1.807, 2.05) is 0 Å². The van der Waals surface area contributed by atoms with Crippen LogP contribution in [0.25, 0.3) is 0 Å². The van der Waals surface area contributed by atoms with Crippen molar-refractivity contribution < 1.29 is 4.79 Å². The highest BCUT2D eigenvalue weighted by Crippen LogP contribution is 2.34. The molecule has 19 heavy (non-hydrogen) atoms. The third kappa shape index (κ3) is 3.57. The standard InChI is InChI=1S/C15H24N2OS/c1-3-6-15(7-9-16-10-8-15)14(18)17-11-13-5-4-12(2)19-13/h4-5,16H,3,6-11H2,1-2H3,(H,17,18). The minimum atomic E-state index is -0.133. The summed E-state index contributed by atoms with van der Waals surface area (Å²) in [6, 6.07) is 4.22. The number of amides is 1. The smallest absolute Gasteiger partial charge is 0.226 e. The molecule has 106 valence electrons. The summed E-state index contributed by atoms with van der Waals surface area (Å²) < 4.78 is 0. The first-order chi connectivity index (χ1) is 9.16. The molecule has 4 heteroatoms. The molecular weight excluding hydrogens is 256 g/mol. The number of hydrogen-bond acceptors (Lipinski definition) is 3. The van der Waals surface area contributed by atoms with Crippen LogP contribution in [-0.4, -0.2) is 19.0 Å². The number of thiophene rings is 1. The Morgan fingerprint density at radius 1 is 1.42 bits per heavy atom. The third-order valence-electron chi connectivity index (χ3n) is 3.99. The van der Waals surface area contributed by atoms with Crippen LogP contribution in [0.1, 0.15) is 42.4 Å². The van der Waals surface area contributed by atoms with Crippen molar-refractivity contribution in [3.05, 3.63) is 21.9 Å². The quantitative estimate of drug-likeness (QED) is 0.871. The number of carbonyl (C=O) groups is 1. The molecule has 0 atom stereocenters. The SMILES string of the molecule is CCCC1(C(=O)NCc2ccc(C)s2)CCNCC1. The molecule has 0 aliphatic carbocycles. The molecule has 1 fully saturated rings. The van der Waals surface area contributed by atoms with Crippen LogP contribution in [0, 0.1) is 12.3 Å². The van der Waals surface area contributed by atoms with Crippen LogP contribution in [0.5, 0.6) is 0 Å². The predicted molar refractivity (Wildman–Crippen MR) is 80.3 cm³/mol. The third-order valence-corrected chi connectivity index (χ3v) is 4.99. The monoisotopic (exact) mass is 280 g/mol. The lowest BCUT2D eigenvalue weighted by Crippen LogP contribution is -2.47. The van der Waals surface area contributed by atoms with Gasteiger partial charge in [-0.05, 0) is 51.4 Å². The zero-order chi connectivity index (χ0) is 13.7. The van der Waals surface area contributed by atoms with Crippen LogP contribution in [-0.2, 0) is 11.3 Å². The molecule has 0 spiro atoms. The van der Waals surface area contributed by atoms with Gasteiger partial charge in [0.05, 0.1) is 12.0 Å². The normalized spacial score (nSPS) is 18.2. The Bertz CT molecular complexity index is 416. The number of hydrogen-bond donors (Lipinski definition) is 2. The highest BCUT2D eigenvalue weighted by Gasteiger charge is 2.38. The molecule has 3 nitrogen and oxygen atoms in total. The van der Waals surface area contributed by atoms with Crippen LogP contribution >= 0.6 is 11.3 Å². The van der Waals surface area contributed by atoms with Gasteiger partial charge in [0.1, 0.15) is 0 Å². The van der Waals surface area contributed by atoms with Gasteiger partial charge in [0, 0.05) is 9.75 Å². The first kappa shape index (κ1) is 14.5. The number of nitrogens with one attached hydrogen (secondary N) is 2. The molecule has 1 aliphatic heterocycles. The van der Waals surface area contributed by atoms with Gasteiger partial charge < -0.3 is 10.6 Å². The Kier molecular flexibility index (Phi) is 4.99. The van der Waals surface area contributed by atoms with E-state index in [0.717, 1.165) is 38.8 Å². The maximum Gasteiger partial charge on any atom is 0.226 e. The van der Waals surface area contributed by atoms with Crippen LogP contribution in [0.15, 0.2) is 12.1 Å². The molecule has 0 aromatic carbocycles. The van der Waals surface area contributed by atoms with Crippen LogP contribution in [0.4, 0.5) is 0 Å². The van der Waals surface area contributed by atoms with Crippen molar-refractivity contribution in [3.63, 3.8) is 0 Å². The molecule has 2 N–H and O–H groups in total. The predicted octanol–water partition coefficient (Wildman–Crippen LogP) is 2.84. The molecule has 1 aliphatic rings. The van der Waals surface area contributed by atoms with Crippen molar-refractivity contribution in [1.82, 2.24) is 10.6 Å². The summed E-state index contributed by atoms with van der Waals surface area (Å²) in [7, 11) is 0. The van der Waals surface area contributed by atoms with Gasteiger partial charge in [-0.15, -0.1) is 11.3 Å². The lowest BCUT2D eigenvalue weighted by atomic mass is 9.74. The first-order valence-corrected chi connectivity index (χ1v) is 8.02. The molecule has 1 saturated heterocycles. The Hall–Kier alpha value is -0.870. The Morgan fingerprint density at radius 3 is 2.74 bits per heavy atom. The van der Waals surface area contributed by atoms with Crippen molar-refractivity contribution >= 4 is 17.2 Å². The van der Waals surface area contributed by atoms with E-state index in [4.69, 9.17) is 0 Å². The molecule has 0 unspecified atom stereocenters. The van der Waals surface area contributed by atoms with Gasteiger partial charge in [0.25, 0.3) is 0 Å². The lowest BCUT2D eigenvalue weighted by Gasteiger charge is -2.36. The molecule has 1 aromatic heterocycles. The minimum absolute atomic E-state index is 0.133. The van der Waals surface area contributed by atoms with Gasteiger partial charge in [-0.3, -0.25) is 4.79 Å². The fourth-order valence-electron chi connectivity index (χ4n) is 2.91. The average molecular weight is 280 g/mol. The van der Waals surface area contributed by atoms with Gasteiger partial charge >= 0.3 is 0 Å². The molecule has 0 saturated carbocycles. The number of carbonyl (C=O) groups excluding carboxylic acids is 1. The lowest BCUT2D eigenvalue weighted by molar-refractivity contribution is -0.133. The Morgan fingerprint density at radius 2 is 2.16 bits per heavy atom. The maximum absolute atomic E-state index is 12.6. The topological polar surface area (TPSA) is 41.1 Å². The van der Waals surface area contributed by atoms with E-state index in [0.29, 0.717) is 6.54 Å². The number of piperidine rings is 1. The highest BCUT2D eigenvalue weighted by atomic mass is 32.1. The van der Waals surface area contributed by atoms with Crippen molar-refractivity contribution in [2.24, 2.45) is 5.41 Å². The zero-order valence-corrected chi connectivity index (χ0v) is 12.7. The van der Waals surface area contributed by atoms with E-state index in [-0.39, 0.29) is 11.3 Å². The summed E-state index contributed by atoms with van der Waals surface area (Å²) >= 11 is 1.76. The second kappa shape index (κ2) is 6.53. The Labute approximate surface area is 119 Å². The van der Waals surface area contributed by atoms with Crippen LogP contribution in [0.3, 0.4) is 0 Å². The molecule has 2 rings (SSSR count). The summed E-state index contributed by atoms with van der Waals surface area (Å²) in [5.74, 6) is 0.252. The second-order valence-electron chi connectivity index (χ2n) is 5.48. The molecule has 2 heterocycles. The van der Waals surface area contributed by atoms with Crippen molar-refractivity contribution in [2.45, 2.75) is 46.1 Å². The second-order valence-corrected chi connectivity index (χ2v) is 6.85.